The number of aromatic nitrogens is 4. The number of rotatable bonds is 7. The van der Waals surface area contributed by atoms with Crippen LogP contribution in [0.4, 0.5) is 10.2 Å². The van der Waals surface area contributed by atoms with Crippen LogP contribution in [0.25, 0.3) is 11.2 Å². The van der Waals surface area contributed by atoms with Gasteiger partial charge < -0.3 is 20.0 Å². The molecule has 0 aromatic carbocycles. The fraction of sp³-hybridized carbons (Fsp3) is 0.708. The summed E-state index contributed by atoms with van der Waals surface area (Å²) < 4.78 is 28.6. The van der Waals surface area contributed by atoms with Crippen molar-refractivity contribution in [3.8, 4) is 11.5 Å². The van der Waals surface area contributed by atoms with Crippen LogP contribution >= 0.6 is 0 Å². The molecule has 3 atom stereocenters. The van der Waals surface area contributed by atoms with Crippen LogP contribution in [-0.2, 0) is 9.16 Å². The van der Waals surface area contributed by atoms with Crippen LogP contribution in [0.5, 0.6) is 0 Å². The molecule has 0 saturated carbocycles. The molecule has 0 aliphatic carbocycles. The van der Waals surface area contributed by atoms with Gasteiger partial charge in [-0.3, -0.25) is 4.57 Å². The molecule has 0 bridgehead atoms. The minimum absolute atomic E-state index is 0.0134. The van der Waals surface area contributed by atoms with E-state index in [1.165, 1.54) is 10.9 Å². The highest BCUT2D eigenvalue weighted by atomic mass is 28.4. The van der Waals surface area contributed by atoms with Gasteiger partial charge in [-0.1, -0.05) is 47.5 Å². The van der Waals surface area contributed by atoms with E-state index in [2.05, 4.69) is 81.1 Å². The van der Waals surface area contributed by atoms with Crippen LogP contribution in [0.2, 0.25) is 36.3 Å². The van der Waals surface area contributed by atoms with Gasteiger partial charge in [0.05, 0.1) is 12.9 Å². The van der Waals surface area contributed by atoms with E-state index in [0.29, 0.717) is 0 Å². The van der Waals surface area contributed by atoms with Crippen molar-refractivity contribution < 1.29 is 18.7 Å². The van der Waals surface area contributed by atoms with Gasteiger partial charge in [-0.25, -0.2) is 4.98 Å². The lowest BCUT2D eigenvalue weighted by Gasteiger charge is -2.38. The highest BCUT2D eigenvalue weighted by Gasteiger charge is 2.49. The molecular formula is C24H40FN5O3Si2. The number of nitrogens with zero attached hydrogens (tertiary/aromatic N) is 4. The van der Waals surface area contributed by atoms with Crippen LogP contribution in [0.1, 0.15) is 54.2 Å². The minimum Gasteiger partial charge on any atom is -0.413 e. The summed E-state index contributed by atoms with van der Waals surface area (Å²) in [7, 11) is -3.90. The van der Waals surface area contributed by atoms with E-state index < -0.39 is 40.4 Å². The van der Waals surface area contributed by atoms with Crippen molar-refractivity contribution >= 4 is 33.4 Å². The largest absolute Gasteiger partial charge is 0.413 e. The first-order valence-corrected chi connectivity index (χ1v) is 17.9. The quantitative estimate of drug-likeness (QED) is 0.310. The Labute approximate surface area is 210 Å². The molecule has 3 heterocycles. The first-order valence-electron chi connectivity index (χ1n) is 12.4. The van der Waals surface area contributed by atoms with Crippen molar-refractivity contribution in [1.82, 2.24) is 19.5 Å². The number of halogens is 1. The zero-order valence-corrected chi connectivity index (χ0v) is 24.3. The lowest BCUT2D eigenvalue weighted by atomic mass is 10.0. The molecule has 2 aromatic rings. The Kier molecular flexibility index (Phi) is 7.84. The summed E-state index contributed by atoms with van der Waals surface area (Å²) in [6.45, 7) is 17.8. The molecule has 0 radical (unpaired) electrons. The van der Waals surface area contributed by atoms with E-state index in [0.717, 1.165) is 18.1 Å². The van der Waals surface area contributed by atoms with Gasteiger partial charge in [-0.05, 0) is 36.3 Å². The molecule has 2 aromatic heterocycles. The van der Waals surface area contributed by atoms with Crippen LogP contribution in [0.15, 0.2) is 6.33 Å². The molecule has 1 unspecified atom stereocenters. The zero-order valence-electron chi connectivity index (χ0n) is 22.3. The number of aliphatic hydroxyl groups excluding tert-OH is 1. The van der Waals surface area contributed by atoms with Gasteiger partial charge in [0.25, 0.3) is 0 Å². The van der Waals surface area contributed by atoms with Crippen LogP contribution in [0, 0.1) is 17.5 Å². The van der Waals surface area contributed by atoms with E-state index in [9.17, 15) is 9.50 Å². The Morgan fingerprint density at radius 3 is 2.46 bits per heavy atom. The Morgan fingerprint density at radius 2 is 1.89 bits per heavy atom. The molecule has 0 amide bonds. The number of hydrogen-bond donors (Lipinski definition) is 2. The molecule has 8 nitrogen and oxygen atoms in total. The maximum atomic E-state index is 13.9. The van der Waals surface area contributed by atoms with Crippen LogP contribution in [-0.4, -0.2) is 59.3 Å². The maximum Gasteiger partial charge on any atom is 0.312 e. The second-order valence-electron chi connectivity index (χ2n) is 11.1. The Balaban J connectivity index is 2.04. The topological polar surface area (TPSA) is 108 Å². The van der Waals surface area contributed by atoms with E-state index in [4.69, 9.17) is 14.9 Å². The van der Waals surface area contributed by atoms with E-state index >= 15 is 0 Å². The molecule has 35 heavy (non-hydrogen) atoms. The summed E-state index contributed by atoms with van der Waals surface area (Å²) in [5.74, 6) is 3.41. The summed E-state index contributed by atoms with van der Waals surface area (Å²) in [6.07, 6.45) is -1.01. The summed E-state index contributed by atoms with van der Waals surface area (Å²) >= 11 is 0. The lowest BCUT2D eigenvalue weighted by Crippen LogP contribution is -2.46. The fourth-order valence-corrected chi connectivity index (χ4v) is 7.67. The molecule has 1 fully saturated rings. The van der Waals surface area contributed by atoms with Gasteiger partial charge in [0.1, 0.15) is 14.2 Å². The fourth-order valence-electron chi connectivity index (χ4n) is 4.12. The second-order valence-corrected chi connectivity index (χ2v) is 20.9. The number of ether oxygens (including phenoxy) is 1. The van der Waals surface area contributed by atoms with Crippen molar-refractivity contribution in [2.45, 2.75) is 102 Å². The average molecular weight is 522 g/mol. The van der Waals surface area contributed by atoms with Crippen molar-refractivity contribution in [2.24, 2.45) is 0 Å². The molecule has 3 rings (SSSR count). The van der Waals surface area contributed by atoms with E-state index in [1.807, 2.05) is 0 Å². The average Bonchev–Trinajstić information content (AvgIpc) is 3.34. The van der Waals surface area contributed by atoms with Crippen molar-refractivity contribution in [2.75, 3.05) is 12.3 Å². The van der Waals surface area contributed by atoms with Gasteiger partial charge >= 0.3 is 6.08 Å². The van der Waals surface area contributed by atoms with Crippen molar-refractivity contribution in [3.63, 3.8) is 0 Å². The third kappa shape index (κ3) is 5.46. The molecule has 0 spiro atoms. The van der Waals surface area contributed by atoms with Gasteiger partial charge in [0.15, 0.2) is 37.1 Å². The zero-order chi connectivity index (χ0) is 26.2. The lowest BCUT2D eigenvalue weighted by molar-refractivity contribution is -0.0769. The number of fused-ring (bicyclic) bond motifs is 1. The Hall–Kier alpha value is -1.85. The highest BCUT2D eigenvalue weighted by molar-refractivity contribution is 6.87. The number of imidazole rings is 1. The third-order valence-electron chi connectivity index (χ3n) is 7.97. The molecule has 1 aliphatic heterocycles. The summed E-state index contributed by atoms with van der Waals surface area (Å²) in [5.41, 5.74) is 8.91. The first-order chi connectivity index (χ1) is 16.2. The molecular weight excluding hydrogens is 481 g/mol. The number of hydrogen-bond acceptors (Lipinski definition) is 7. The molecule has 194 valence electrons. The standard InChI is InChI=1S/C24H40FN5O3Si2/c1-9-35(10-2,11-3)13-12-24(15-32-34(7,8)23(4,5)6)14-17(31)21(33-24)30-16-27-18-19(26)28-22(25)29-20(18)30/h16-17,21,31H,9-11,14-15H2,1-8H3,(H2,26,28,29)/t17?,21-,24+/m1/s1. The molecule has 1 aliphatic rings. The summed E-state index contributed by atoms with van der Waals surface area (Å²) in [6, 6.07) is 3.17. The van der Waals surface area contributed by atoms with Gasteiger partial charge in [0, 0.05) is 6.42 Å². The first kappa shape index (κ1) is 27.7. The molecule has 11 heteroatoms. The highest BCUT2D eigenvalue weighted by Crippen LogP contribution is 2.42. The Morgan fingerprint density at radius 1 is 1.26 bits per heavy atom. The van der Waals surface area contributed by atoms with Gasteiger partial charge in [-0.15, -0.1) is 5.54 Å². The number of nitrogen functional groups attached to an aromatic ring is 1. The number of aliphatic hydroxyl groups is 1. The van der Waals surface area contributed by atoms with Crippen LogP contribution in [0.3, 0.4) is 0 Å². The van der Waals surface area contributed by atoms with Crippen molar-refractivity contribution in [1.29, 1.82) is 0 Å². The number of anilines is 1. The van der Waals surface area contributed by atoms with Crippen LogP contribution < -0.4 is 5.73 Å². The van der Waals surface area contributed by atoms with Gasteiger partial charge in [-0.2, -0.15) is 14.4 Å². The third-order valence-corrected chi connectivity index (χ3v) is 17.2. The SMILES string of the molecule is CC[Si](C#C[C@@]1(CO[Si](C)(C)C(C)(C)C)CC(O)[C@H](n2cnc3c(N)nc(F)nc32)O1)(CC)CC. The second kappa shape index (κ2) is 9.90. The molecule has 3 N–H and O–H groups in total. The van der Waals surface area contributed by atoms with E-state index in [-0.39, 0.29) is 35.0 Å². The van der Waals surface area contributed by atoms with Crippen molar-refractivity contribution in [3.05, 3.63) is 12.4 Å². The van der Waals surface area contributed by atoms with E-state index in [1.54, 1.807) is 0 Å². The smallest absolute Gasteiger partial charge is 0.312 e. The number of nitrogens with two attached hydrogens (primary N) is 1. The predicted molar refractivity (Wildman–Crippen MR) is 141 cm³/mol. The minimum atomic E-state index is -2.11. The predicted octanol–water partition coefficient (Wildman–Crippen LogP) is 4.64. The monoisotopic (exact) mass is 521 g/mol. The summed E-state index contributed by atoms with van der Waals surface area (Å²) in [4.78, 5) is 11.6. The normalized spacial score (nSPS) is 23.5. The Bertz CT molecular complexity index is 1110. The molecule has 1 saturated heterocycles. The van der Waals surface area contributed by atoms with Gasteiger partial charge in [0.2, 0.25) is 0 Å². The maximum absolute atomic E-state index is 13.9. The summed E-state index contributed by atoms with van der Waals surface area (Å²) in [5, 5.41) is 11.2.